The molecule has 0 saturated carbocycles. The summed E-state index contributed by atoms with van der Waals surface area (Å²) in [4.78, 5) is 15.1. The van der Waals surface area contributed by atoms with Gasteiger partial charge < -0.3 is 10.2 Å². The molecule has 0 radical (unpaired) electrons. The van der Waals surface area contributed by atoms with Crippen molar-refractivity contribution in [2.45, 2.75) is 72.3 Å². The van der Waals surface area contributed by atoms with Gasteiger partial charge in [0.15, 0.2) is 0 Å². The summed E-state index contributed by atoms with van der Waals surface area (Å²) in [5.41, 5.74) is -0.144. The quantitative estimate of drug-likeness (QED) is 0.719. The molecule has 112 valence electrons. The number of amides is 1. The number of nitrogens with zero attached hydrogens (tertiary/aromatic N) is 1. The Morgan fingerprint density at radius 3 is 2.53 bits per heavy atom. The van der Waals surface area contributed by atoms with Crippen molar-refractivity contribution in [1.29, 1.82) is 0 Å². The van der Waals surface area contributed by atoms with Crippen molar-refractivity contribution in [2.75, 3.05) is 19.6 Å². The van der Waals surface area contributed by atoms with Crippen LogP contribution < -0.4 is 5.32 Å². The van der Waals surface area contributed by atoms with Crippen LogP contribution in [0.4, 0.5) is 0 Å². The fraction of sp³-hybridized carbons (Fsp3) is 0.938. The van der Waals surface area contributed by atoms with Gasteiger partial charge in [-0.2, -0.15) is 0 Å². The highest BCUT2D eigenvalue weighted by Gasteiger charge is 2.40. The Morgan fingerprint density at radius 2 is 2.05 bits per heavy atom. The maximum absolute atomic E-state index is 13.0. The molecule has 0 bridgehead atoms. The second-order valence-electron chi connectivity index (χ2n) is 6.21. The normalized spacial score (nSPS) is 23.6. The monoisotopic (exact) mass is 268 g/mol. The Morgan fingerprint density at radius 1 is 1.32 bits per heavy atom. The minimum Gasteiger partial charge on any atom is -0.340 e. The van der Waals surface area contributed by atoms with Crippen LogP contribution in [0.1, 0.15) is 66.2 Å². The summed E-state index contributed by atoms with van der Waals surface area (Å²) in [6.07, 6.45) is 6.69. The van der Waals surface area contributed by atoms with Crippen LogP contribution >= 0.6 is 0 Å². The molecule has 1 heterocycles. The molecule has 3 nitrogen and oxygen atoms in total. The Labute approximate surface area is 119 Å². The topological polar surface area (TPSA) is 32.3 Å². The summed E-state index contributed by atoms with van der Waals surface area (Å²) in [5, 5.41) is 3.42. The summed E-state index contributed by atoms with van der Waals surface area (Å²) in [5.74, 6) is 0.383. The van der Waals surface area contributed by atoms with E-state index in [4.69, 9.17) is 0 Å². The van der Waals surface area contributed by atoms with Crippen LogP contribution in [0.25, 0.3) is 0 Å². The van der Waals surface area contributed by atoms with Gasteiger partial charge in [0.25, 0.3) is 0 Å². The lowest BCUT2D eigenvalue weighted by Crippen LogP contribution is -2.53. The predicted octanol–water partition coefficient (Wildman–Crippen LogP) is 3.19. The van der Waals surface area contributed by atoms with Crippen molar-refractivity contribution >= 4 is 5.91 Å². The summed E-state index contributed by atoms with van der Waals surface area (Å²) >= 11 is 0. The van der Waals surface area contributed by atoms with E-state index in [0.29, 0.717) is 11.9 Å². The van der Waals surface area contributed by atoms with Gasteiger partial charge in [0.1, 0.15) is 0 Å². The Hall–Kier alpha value is -0.570. The van der Waals surface area contributed by atoms with E-state index in [1.54, 1.807) is 0 Å². The molecule has 1 saturated heterocycles. The molecule has 1 atom stereocenters. The van der Waals surface area contributed by atoms with Crippen LogP contribution in [0.5, 0.6) is 0 Å². The van der Waals surface area contributed by atoms with E-state index >= 15 is 0 Å². The molecule has 0 aromatic rings. The lowest BCUT2D eigenvalue weighted by molar-refractivity contribution is -0.145. The highest BCUT2D eigenvalue weighted by molar-refractivity contribution is 5.83. The average molecular weight is 268 g/mol. The number of carbonyl (C=O) groups is 1. The number of hydrogen-bond donors (Lipinski definition) is 1. The molecular weight excluding hydrogens is 236 g/mol. The molecule has 0 aromatic carbocycles. The lowest BCUT2D eigenvalue weighted by Gasteiger charge is -2.41. The second-order valence-corrected chi connectivity index (χ2v) is 6.21. The van der Waals surface area contributed by atoms with Gasteiger partial charge >= 0.3 is 0 Å². The molecule has 1 fully saturated rings. The Bertz CT molecular complexity index is 270. The summed E-state index contributed by atoms with van der Waals surface area (Å²) < 4.78 is 0. The maximum Gasteiger partial charge on any atom is 0.230 e. The molecule has 3 heteroatoms. The van der Waals surface area contributed by atoms with E-state index in [1.165, 1.54) is 12.8 Å². The first-order valence-electron chi connectivity index (χ1n) is 8.09. The van der Waals surface area contributed by atoms with Crippen molar-refractivity contribution < 1.29 is 4.79 Å². The minimum absolute atomic E-state index is 0.144. The van der Waals surface area contributed by atoms with Crippen LogP contribution in [0.15, 0.2) is 0 Å². The number of piperidine rings is 1. The molecule has 0 aromatic heterocycles. The predicted molar refractivity (Wildman–Crippen MR) is 81.2 cm³/mol. The molecule has 1 aliphatic rings. The van der Waals surface area contributed by atoms with Gasteiger partial charge in [0, 0.05) is 19.1 Å². The first-order chi connectivity index (χ1) is 9.07. The van der Waals surface area contributed by atoms with E-state index in [9.17, 15) is 4.79 Å². The molecule has 1 N–H and O–H groups in total. The standard InChI is InChI=1S/C16H32N2O/c1-5-7-8-12-18(14(3)4)15(19)16(6-2)10-9-11-17-13-16/h14,17H,5-13H2,1-4H3. The third-order valence-electron chi connectivity index (χ3n) is 4.49. The zero-order valence-electron chi connectivity index (χ0n) is 13.3. The number of unbranched alkanes of at least 4 members (excludes halogenated alkanes) is 2. The molecule has 1 unspecified atom stereocenters. The molecule has 1 rings (SSSR count). The van der Waals surface area contributed by atoms with Crippen LogP contribution in [-0.2, 0) is 4.79 Å². The zero-order chi connectivity index (χ0) is 14.3. The molecule has 0 aliphatic carbocycles. The van der Waals surface area contributed by atoms with E-state index in [1.807, 2.05) is 0 Å². The number of carbonyl (C=O) groups excluding carboxylic acids is 1. The minimum atomic E-state index is -0.144. The summed E-state index contributed by atoms with van der Waals surface area (Å²) in [6.45, 7) is 11.5. The zero-order valence-corrected chi connectivity index (χ0v) is 13.3. The number of hydrogen-bond acceptors (Lipinski definition) is 2. The largest absolute Gasteiger partial charge is 0.340 e. The van der Waals surface area contributed by atoms with Gasteiger partial charge in [-0.3, -0.25) is 4.79 Å². The van der Waals surface area contributed by atoms with Gasteiger partial charge in [-0.25, -0.2) is 0 Å². The van der Waals surface area contributed by atoms with Crippen molar-refractivity contribution in [3.8, 4) is 0 Å². The summed E-state index contributed by atoms with van der Waals surface area (Å²) in [7, 11) is 0. The van der Waals surface area contributed by atoms with E-state index in [-0.39, 0.29) is 5.41 Å². The molecule has 1 aliphatic heterocycles. The highest BCUT2D eigenvalue weighted by Crippen LogP contribution is 2.33. The van der Waals surface area contributed by atoms with Crippen molar-refractivity contribution in [3.63, 3.8) is 0 Å². The number of nitrogens with one attached hydrogen (secondary N) is 1. The highest BCUT2D eigenvalue weighted by atomic mass is 16.2. The average Bonchev–Trinajstić information content (AvgIpc) is 2.43. The van der Waals surface area contributed by atoms with Crippen LogP contribution in [0.3, 0.4) is 0 Å². The van der Waals surface area contributed by atoms with Crippen molar-refractivity contribution in [3.05, 3.63) is 0 Å². The molecule has 19 heavy (non-hydrogen) atoms. The van der Waals surface area contributed by atoms with Gasteiger partial charge in [-0.1, -0.05) is 26.7 Å². The maximum atomic E-state index is 13.0. The smallest absolute Gasteiger partial charge is 0.230 e. The van der Waals surface area contributed by atoms with Crippen LogP contribution in [-0.4, -0.2) is 36.5 Å². The SMILES string of the molecule is CCCCCN(C(=O)C1(CC)CCCNC1)C(C)C. The lowest BCUT2D eigenvalue weighted by atomic mass is 9.76. The first-order valence-corrected chi connectivity index (χ1v) is 8.09. The third kappa shape index (κ3) is 4.20. The van der Waals surface area contributed by atoms with Crippen molar-refractivity contribution in [1.82, 2.24) is 10.2 Å². The molecular formula is C16H32N2O. The first kappa shape index (κ1) is 16.5. The van der Waals surface area contributed by atoms with Gasteiger partial charge in [-0.05, 0) is 46.1 Å². The third-order valence-corrected chi connectivity index (χ3v) is 4.49. The van der Waals surface area contributed by atoms with Gasteiger partial charge in [0.2, 0.25) is 5.91 Å². The second kappa shape index (κ2) is 7.88. The summed E-state index contributed by atoms with van der Waals surface area (Å²) in [6, 6.07) is 0.315. The fourth-order valence-corrected chi connectivity index (χ4v) is 3.03. The van der Waals surface area contributed by atoms with Crippen LogP contribution in [0.2, 0.25) is 0 Å². The van der Waals surface area contributed by atoms with E-state index in [0.717, 1.165) is 45.3 Å². The van der Waals surface area contributed by atoms with E-state index in [2.05, 4.69) is 37.9 Å². The van der Waals surface area contributed by atoms with Crippen molar-refractivity contribution in [2.24, 2.45) is 5.41 Å². The fourth-order valence-electron chi connectivity index (χ4n) is 3.03. The Kier molecular flexibility index (Phi) is 6.84. The molecule has 1 amide bonds. The van der Waals surface area contributed by atoms with Gasteiger partial charge in [0.05, 0.1) is 5.41 Å². The van der Waals surface area contributed by atoms with Crippen LogP contribution in [0, 0.1) is 5.41 Å². The van der Waals surface area contributed by atoms with Gasteiger partial charge in [-0.15, -0.1) is 0 Å². The Balaban J connectivity index is 2.72. The van der Waals surface area contributed by atoms with E-state index < -0.39 is 0 Å². The number of rotatable bonds is 7. The molecule has 0 spiro atoms.